The Bertz CT molecular complexity index is 974. The summed E-state index contributed by atoms with van der Waals surface area (Å²) >= 11 is 3.59. The summed E-state index contributed by atoms with van der Waals surface area (Å²) in [6, 6.07) is 20.2. The van der Waals surface area contributed by atoms with Crippen LogP contribution in [0.3, 0.4) is 0 Å². The Morgan fingerprint density at radius 2 is 1.71 bits per heavy atom. The number of carbonyl (C=O) groups is 1. The summed E-state index contributed by atoms with van der Waals surface area (Å²) in [6.07, 6.45) is 0. The lowest BCUT2D eigenvalue weighted by Crippen LogP contribution is -2.31. The predicted octanol–water partition coefficient (Wildman–Crippen LogP) is 6.16. The van der Waals surface area contributed by atoms with Gasteiger partial charge >= 0.3 is 0 Å². The molecule has 28 heavy (non-hydrogen) atoms. The van der Waals surface area contributed by atoms with Crippen LogP contribution in [0.1, 0.15) is 44.9 Å². The van der Waals surface area contributed by atoms with Crippen molar-refractivity contribution in [3.63, 3.8) is 0 Å². The average molecular weight is 440 g/mol. The molecular formula is C24H26BrNO2. The lowest BCUT2D eigenvalue weighted by molar-refractivity contribution is -0.123. The van der Waals surface area contributed by atoms with Crippen molar-refractivity contribution in [2.24, 2.45) is 0 Å². The van der Waals surface area contributed by atoms with Gasteiger partial charge in [-0.2, -0.15) is 0 Å². The van der Waals surface area contributed by atoms with Gasteiger partial charge in [0.25, 0.3) is 5.91 Å². The molecule has 0 radical (unpaired) electrons. The Morgan fingerprint density at radius 3 is 2.39 bits per heavy atom. The molecule has 4 heteroatoms. The van der Waals surface area contributed by atoms with Gasteiger partial charge in [-0.05, 0) is 56.2 Å². The molecule has 3 rings (SSSR count). The van der Waals surface area contributed by atoms with E-state index in [9.17, 15) is 4.79 Å². The summed E-state index contributed by atoms with van der Waals surface area (Å²) in [5, 5.41) is 5.19. The van der Waals surface area contributed by atoms with Gasteiger partial charge in [-0.25, -0.2) is 0 Å². The van der Waals surface area contributed by atoms with Gasteiger partial charge in [0.2, 0.25) is 0 Å². The van der Waals surface area contributed by atoms with Crippen LogP contribution in [0, 0.1) is 0 Å². The zero-order valence-electron chi connectivity index (χ0n) is 16.8. The SMILES string of the molecule is C[C@@H](NC(=O)COc1ccc2ccccc2c1Br)c1ccc(C(C)(C)C)cc1. The summed E-state index contributed by atoms with van der Waals surface area (Å²) in [6.45, 7) is 8.53. The fourth-order valence-electron chi connectivity index (χ4n) is 3.11. The Morgan fingerprint density at radius 1 is 1.04 bits per heavy atom. The van der Waals surface area contributed by atoms with Crippen LogP contribution in [-0.4, -0.2) is 12.5 Å². The van der Waals surface area contributed by atoms with Crippen molar-refractivity contribution >= 4 is 32.6 Å². The first kappa shape index (κ1) is 20.4. The van der Waals surface area contributed by atoms with Crippen molar-refractivity contribution in [3.05, 3.63) is 76.3 Å². The maximum Gasteiger partial charge on any atom is 0.258 e. The molecule has 0 fully saturated rings. The van der Waals surface area contributed by atoms with E-state index in [2.05, 4.69) is 66.3 Å². The van der Waals surface area contributed by atoms with E-state index in [4.69, 9.17) is 4.74 Å². The van der Waals surface area contributed by atoms with E-state index in [1.807, 2.05) is 43.3 Å². The molecule has 0 saturated heterocycles. The highest BCUT2D eigenvalue weighted by atomic mass is 79.9. The van der Waals surface area contributed by atoms with E-state index >= 15 is 0 Å². The van der Waals surface area contributed by atoms with Crippen LogP contribution in [0.5, 0.6) is 5.75 Å². The molecule has 0 unspecified atom stereocenters. The third-order valence-electron chi connectivity index (χ3n) is 4.84. The lowest BCUT2D eigenvalue weighted by atomic mass is 9.86. The highest BCUT2D eigenvalue weighted by Crippen LogP contribution is 2.33. The summed E-state index contributed by atoms with van der Waals surface area (Å²) in [7, 11) is 0. The van der Waals surface area contributed by atoms with Crippen LogP contribution in [0.25, 0.3) is 10.8 Å². The van der Waals surface area contributed by atoms with Gasteiger partial charge < -0.3 is 10.1 Å². The van der Waals surface area contributed by atoms with E-state index < -0.39 is 0 Å². The van der Waals surface area contributed by atoms with E-state index in [0.29, 0.717) is 5.75 Å². The van der Waals surface area contributed by atoms with Crippen LogP contribution in [0.15, 0.2) is 65.1 Å². The van der Waals surface area contributed by atoms with E-state index in [0.717, 1.165) is 20.8 Å². The molecule has 0 spiro atoms. The Labute approximate surface area is 175 Å². The van der Waals surface area contributed by atoms with Crippen molar-refractivity contribution < 1.29 is 9.53 Å². The number of carbonyl (C=O) groups excluding carboxylic acids is 1. The van der Waals surface area contributed by atoms with Crippen molar-refractivity contribution in [1.82, 2.24) is 5.32 Å². The highest BCUT2D eigenvalue weighted by Gasteiger charge is 2.15. The lowest BCUT2D eigenvalue weighted by Gasteiger charge is -2.21. The molecule has 0 saturated carbocycles. The van der Waals surface area contributed by atoms with Gasteiger partial charge in [-0.15, -0.1) is 0 Å². The topological polar surface area (TPSA) is 38.3 Å². The Balaban J connectivity index is 1.60. The Kier molecular flexibility index (Phi) is 6.09. The fraction of sp³-hybridized carbons (Fsp3) is 0.292. The third-order valence-corrected chi connectivity index (χ3v) is 5.66. The third kappa shape index (κ3) is 4.74. The van der Waals surface area contributed by atoms with E-state index in [1.54, 1.807) is 0 Å². The molecule has 0 aliphatic rings. The van der Waals surface area contributed by atoms with Gasteiger partial charge in [-0.1, -0.05) is 75.4 Å². The number of fused-ring (bicyclic) bond motifs is 1. The number of benzene rings is 3. The second-order valence-corrected chi connectivity index (χ2v) is 8.84. The zero-order chi connectivity index (χ0) is 20.3. The molecule has 1 atom stereocenters. The maximum atomic E-state index is 12.3. The molecule has 3 aromatic carbocycles. The minimum Gasteiger partial charge on any atom is -0.483 e. The van der Waals surface area contributed by atoms with Crippen LogP contribution < -0.4 is 10.1 Å². The standard InChI is InChI=1S/C24H26BrNO2/c1-16(17-9-12-19(13-10-17)24(2,3)4)26-22(27)15-28-21-14-11-18-7-5-6-8-20(18)23(21)25/h5-14,16H,15H2,1-4H3,(H,26,27)/t16-/m1/s1. The number of hydrogen-bond donors (Lipinski definition) is 1. The molecule has 0 bridgehead atoms. The molecular weight excluding hydrogens is 414 g/mol. The summed E-state index contributed by atoms with van der Waals surface area (Å²) < 4.78 is 6.61. The predicted molar refractivity (Wildman–Crippen MR) is 119 cm³/mol. The molecule has 1 N–H and O–H groups in total. The summed E-state index contributed by atoms with van der Waals surface area (Å²) in [5.74, 6) is 0.517. The normalized spacial score (nSPS) is 12.6. The molecule has 1 amide bonds. The van der Waals surface area contributed by atoms with Crippen LogP contribution in [-0.2, 0) is 10.2 Å². The monoisotopic (exact) mass is 439 g/mol. The number of amides is 1. The maximum absolute atomic E-state index is 12.3. The molecule has 0 aliphatic carbocycles. The first-order chi connectivity index (χ1) is 13.3. The quantitative estimate of drug-likeness (QED) is 0.516. The zero-order valence-corrected chi connectivity index (χ0v) is 18.3. The number of rotatable bonds is 5. The number of nitrogens with one attached hydrogen (secondary N) is 1. The molecule has 0 aromatic heterocycles. The average Bonchev–Trinajstić information content (AvgIpc) is 2.67. The highest BCUT2D eigenvalue weighted by molar-refractivity contribution is 9.10. The van der Waals surface area contributed by atoms with Gasteiger partial charge in [-0.3, -0.25) is 4.79 Å². The van der Waals surface area contributed by atoms with Gasteiger partial charge in [0, 0.05) is 0 Å². The molecule has 3 aromatic rings. The van der Waals surface area contributed by atoms with Gasteiger partial charge in [0.15, 0.2) is 6.61 Å². The fourth-order valence-corrected chi connectivity index (χ4v) is 3.71. The number of ether oxygens (including phenoxy) is 1. The van der Waals surface area contributed by atoms with Crippen molar-refractivity contribution in [1.29, 1.82) is 0 Å². The van der Waals surface area contributed by atoms with Gasteiger partial charge in [0.05, 0.1) is 10.5 Å². The number of hydrogen-bond acceptors (Lipinski definition) is 2. The first-order valence-electron chi connectivity index (χ1n) is 9.45. The largest absolute Gasteiger partial charge is 0.483 e. The van der Waals surface area contributed by atoms with Crippen LogP contribution in [0.2, 0.25) is 0 Å². The second kappa shape index (κ2) is 8.36. The molecule has 0 aliphatic heterocycles. The van der Waals surface area contributed by atoms with Crippen molar-refractivity contribution in [2.75, 3.05) is 6.61 Å². The van der Waals surface area contributed by atoms with Crippen molar-refractivity contribution in [2.45, 2.75) is 39.2 Å². The van der Waals surface area contributed by atoms with Crippen molar-refractivity contribution in [3.8, 4) is 5.75 Å². The van der Waals surface area contributed by atoms with E-state index in [1.165, 1.54) is 5.56 Å². The first-order valence-corrected chi connectivity index (χ1v) is 10.2. The summed E-state index contributed by atoms with van der Waals surface area (Å²) in [4.78, 5) is 12.3. The molecule has 3 nitrogen and oxygen atoms in total. The second-order valence-electron chi connectivity index (χ2n) is 8.05. The minimum absolute atomic E-state index is 0.0264. The molecule has 0 heterocycles. The smallest absolute Gasteiger partial charge is 0.258 e. The molecule has 146 valence electrons. The van der Waals surface area contributed by atoms with E-state index in [-0.39, 0.29) is 24.0 Å². The van der Waals surface area contributed by atoms with Crippen LogP contribution in [0.4, 0.5) is 0 Å². The van der Waals surface area contributed by atoms with Gasteiger partial charge in [0.1, 0.15) is 5.75 Å². The Hall–Kier alpha value is -2.33. The minimum atomic E-state index is -0.146. The van der Waals surface area contributed by atoms with Crippen LogP contribution >= 0.6 is 15.9 Å². The summed E-state index contributed by atoms with van der Waals surface area (Å²) in [5.41, 5.74) is 2.47. The number of halogens is 1.